The molecule has 3 aromatic carbocycles. The highest BCUT2D eigenvalue weighted by atomic mass is 32.2. The van der Waals surface area contributed by atoms with E-state index in [0.717, 1.165) is 40.3 Å². The number of alkyl halides is 3. The predicted molar refractivity (Wildman–Crippen MR) is 140 cm³/mol. The topological polar surface area (TPSA) is 117 Å². The van der Waals surface area contributed by atoms with E-state index < -0.39 is 57.5 Å². The van der Waals surface area contributed by atoms with Crippen molar-refractivity contribution in [2.24, 2.45) is 0 Å². The minimum absolute atomic E-state index is 0.00237. The molecule has 1 aliphatic heterocycles. The Kier molecular flexibility index (Phi) is 6.81. The third-order valence-corrected chi connectivity index (χ3v) is 9.00. The summed E-state index contributed by atoms with van der Waals surface area (Å²) in [5.41, 5.74) is -2.22. The standard InChI is InChI=1S/C28H23F3N2O6S/c1-32-14-23(27(36)37)33-25(35)22(15-34)21(13-17-8-4-7-16-6-2-3-11-20(16)17)24(26(33)40(32,38)39)18-9-5-10-19(12-18)28(29,30)31/h2-12,23,34H,13-15H2,1H3,(H,36,37). The number of fused-ring (bicyclic) bond motifs is 2. The summed E-state index contributed by atoms with van der Waals surface area (Å²) in [5, 5.41) is 21.1. The summed E-state index contributed by atoms with van der Waals surface area (Å²) < 4.78 is 70.0. The molecule has 0 aliphatic carbocycles. The molecule has 2 N–H and O–H groups in total. The van der Waals surface area contributed by atoms with Crippen molar-refractivity contribution in [3.63, 3.8) is 0 Å². The van der Waals surface area contributed by atoms with Crippen LogP contribution in [0.1, 0.15) is 28.3 Å². The van der Waals surface area contributed by atoms with E-state index >= 15 is 0 Å². The van der Waals surface area contributed by atoms with Crippen LogP contribution >= 0.6 is 0 Å². The number of rotatable bonds is 5. The third kappa shape index (κ3) is 4.47. The Balaban J connectivity index is 1.95. The van der Waals surface area contributed by atoms with Gasteiger partial charge >= 0.3 is 12.1 Å². The average molecular weight is 573 g/mol. The lowest BCUT2D eigenvalue weighted by molar-refractivity contribution is -0.141. The monoisotopic (exact) mass is 572 g/mol. The molecule has 0 spiro atoms. The van der Waals surface area contributed by atoms with Crippen LogP contribution in [0.5, 0.6) is 0 Å². The number of likely N-dealkylation sites (N-methyl/N-ethyl adjacent to an activating group) is 1. The van der Waals surface area contributed by atoms with Gasteiger partial charge in [-0.3, -0.25) is 9.36 Å². The number of carboxylic acids is 1. The van der Waals surface area contributed by atoms with Crippen molar-refractivity contribution in [3.8, 4) is 11.1 Å². The number of nitrogens with zero attached hydrogens (tertiary/aromatic N) is 2. The predicted octanol–water partition coefficient (Wildman–Crippen LogP) is 4.03. The fourth-order valence-corrected chi connectivity index (χ4v) is 6.80. The number of pyridine rings is 1. The number of halogens is 3. The highest BCUT2D eigenvalue weighted by Gasteiger charge is 2.43. The molecule has 208 valence electrons. The first-order valence-electron chi connectivity index (χ1n) is 12.1. The number of aliphatic hydroxyl groups is 1. The molecule has 12 heteroatoms. The molecular formula is C28H23F3N2O6S. The Morgan fingerprint density at radius 3 is 2.38 bits per heavy atom. The maximum absolute atomic E-state index is 13.7. The summed E-state index contributed by atoms with van der Waals surface area (Å²) >= 11 is 0. The number of aliphatic hydroxyl groups excluding tert-OH is 1. The van der Waals surface area contributed by atoms with Gasteiger partial charge in [-0.05, 0) is 46.0 Å². The highest BCUT2D eigenvalue weighted by Crippen LogP contribution is 2.41. The maximum Gasteiger partial charge on any atom is 0.416 e. The molecule has 0 radical (unpaired) electrons. The lowest BCUT2D eigenvalue weighted by Crippen LogP contribution is -2.49. The van der Waals surface area contributed by atoms with E-state index in [1.54, 1.807) is 18.2 Å². The zero-order chi connectivity index (χ0) is 29.0. The summed E-state index contributed by atoms with van der Waals surface area (Å²) in [5.74, 6) is -1.51. The second-order valence-electron chi connectivity index (χ2n) is 9.50. The molecule has 2 heterocycles. The molecule has 8 nitrogen and oxygen atoms in total. The first kappa shape index (κ1) is 27.6. The van der Waals surface area contributed by atoms with Crippen molar-refractivity contribution < 1.29 is 36.6 Å². The van der Waals surface area contributed by atoms with Crippen molar-refractivity contribution in [2.75, 3.05) is 13.6 Å². The Bertz CT molecular complexity index is 1830. The number of carbonyl (C=O) groups is 1. The van der Waals surface area contributed by atoms with E-state index in [1.807, 2.05) is 24.3 Å². The average Bonchev–Trinajstić information content (AvgIpc) is 2.91. The molecular weight excluding hydrogens is 549 g/mol. The van der Waals surface area contributed by atoms with Gasteiger partial charge in [0.25, 0.3) is 15.6 Å². The second kappa shape index (κ2) is 9.88. The van der Waals surface area contributed by atoms with E-state index in [0.29, 0.717) is 10.1 Å². The molecule has 0 fully saturated rings. The van der Waals surface area contributed by atoms with Gasteiger partial charge in [0.1, 0.15) is 6.04 Å². The number of sulfonamides is 1. The summed E-state index contributed by atoms with van der Waals surface area (Å²) in [7, 11) is -3.41. The van der Waals surface area contributed by atoms with Crippen LogP contribution in [0, 0.1) is 0 Å². The highest BCUT2D eigenvalue weighted by molar-refractivity contribution is 7.89. The second-order valence-corrected chi connectivity index (χ2v) is 11.5. The van der Waals surface area contributed by atoms with Crippen LogP contribution in [0.4, 0.5) is 13.2 Å². The van der Waals surface area contributed by atoms with E-state index in [9.17, 15) is 41.4 Å². The van der Waals surface area contributed by atoms with Gasteiger partial charge in [0, 0.05) is 24.7 Å². The van der Waals surface area contributed by atoms with E-state index in [1.165, 1.54) is 6.07 Å². The minimum atomic E-state index is -4.77. The Labute approximate surface area is 226 Å². The van der Waals surface area contributed by atoms with Crippen LogP contribution in [0.3, 0.4) is 0 Å². The SMILES string of the molecule is CN1CC(C(=O)O)n2c(c(-c3cccc(C(F)(F)F)c3)c(Cc3cccc4ccccc34)c(CO)c2=O)S1(=O)=O. The van der Waals surface area contributed by atoms with Crippen LogP contribution in [0.2, 0.25) is 0 Å². The number of hydrogen-bond acceptors (Lipinski definition) is 5. The Morgan fingerprint density at radius 1 is 1.02 bits per heavy atom. The molecule has 0 saturated carbocycles. The molecule has 0 amide bonds. The van der Waals surface area contributed by atoms with Gasteiger partial charge in [-0.2, -0.15) is 17.5 Å². The quantitative estimate of drug-likeness (QED) is 0.373. The smallest absolute Gasteiger partial charge is 0.416 e. The first-order valence-corrected chi connectivity index (χ1v) is 13.5. The zero-order valence-corrected chi connectivity index (χ0v) is 21.8. The molecule has 4 aromatic rings. The van der Waals surface area contributed by atoms with Crippen molar-refractivity contribution in [1.82, 2.24) is 8.87 Å². The number of benzene rings is 3. The van der Waals surface area contributed by atoms with Gasteiger partial charge in [0.15, 0.2) is 5.03 Å². The van der Waals surface area contributed by atoms with E-state index in [4.69, 9.17) is 0 Å². The molecule has 40 heavy (non-hydrogen) atoms. The lowest BCUT2D eigenvalue weighted by Gasteiger charge is -2.34. The molecule has 0 saturated heterocycles. The molecule has 1 aliphatic rings. The Morgan fingerprint density at radius 2 is 1.70 bits per heavy atom. The van der Waals surface area contributed by atoms with Crippen molar-refractivity contribution in [3.05, 3.63) is 99.3 Å². The summed E-state index contributed by atoms with van der Waals surface area (Å²) in [6.45, 7) is -1.48. The lowest BCUT2D eigenvalue weighted by atomic mass is 9.90. The van der Waals surface area contributed by atoms with Crippen molar-refractivity contribution in [2.45, 2.75) is 30.3 Å². The first-order chi connectivity index (χ1) is 18.9. The largest absolute Gasteiger partial charge is 0.480 e. The van der Waals surface area contributed by atoms with Crippen LogP contribution in [-0.4, -0.2) is 47.1 Å². The fourth-order valence-electron chi connectivity index (χ4n) is 5.21. The summed E-state index contributed by atoms with van der Waals surface area (Å²) in [6, 6.07) is 14.9. The maximum atomic E-state index is 13.7. The van der Waals surface area contributed by atoms with Crippen LogP contribution < -0.4 is 5.56 Å². The number of aromatic nitrogens is 1. The zero-order valence-electron chi connectivity index (χ0n) is 21.0. The van der Waals surface area contributed by atoms with Gasteiger partial charge in [-0.1, -0.05) is 54.6 Å². The van der Waals surface area contributed by atoms with E-state index in [2.05, 4.69) is 0 Å². The number of hydrogen-bond donors (Lipinski definition) is 2. The van der Waals surface area contributed by atoms with Gasteiger partial charge in [-0.25, -0.2) is 13.2 Å². The molecule has 1 atom stereocenters. The van der Waals surface area contributed by atoms with Gasteiger partial charge < -0.3 is 10.2 Å². The van der Waals surface area contributed by atoms with Gasteiger partial charge in [0.05, 0.1) is 12.2 Å². The number of aliphatic carboxylic acids is 1. The van der Waals surface area contributed by atoms with Gasteiger partial charge in [0.2, 0.25) is 0 Å². The van der Waals surface area contributed by atoms with Crippen LogP contribution in [-0.2, 0) is 34.0 Å². The van der Waals surface area contributed by atoms with Gasteiger partial charge in [-0.15, -0.1) is 0 Å². The summed E-state index contributed by atoms with van der Waals surface area (Å²) in [4.78, 5) is 25.9. The molecule has 5 rings (SSSR count). The van der Waals surface area contributed by atoms with Crippen molar-refractivity contribution >= 4 is 26.8 Å². The van der Waals surface area contributed by atoms with Crippen LogP contribution in [0.25, 0.3) is 21.9 Å². The molecule has 0 bridgehead atoms. The molecule has 1 unspecified atom stereocenters. The van der Waals surface area contributed by atoms with Crippen LogP contribution in [0.15, 0.2) is 76.6 Å². The third-order valence-electron chi connectivity index (χ3n) is 7.14. The number of carboxylic acid groups (broad SMARTS) is 1. The normalized spacial score (nSPS) is 17.1. The Hall–Kier alpha value is -4.00. The van der Waals surface area contributed by atoms with Crippen molar-refractivity contribution in [1.29, 1.82) is 0 Å². The molecule has 1 aromatic heterocycles. The fraction of sp³-hybridized carbons (Fsp3) is 0.214. The summed E-state index contributed by atoms with van der Waals surface area (Å²) in [6.07, 6.45) is -4.89. The minimum Gasteiger partial charge on any atom is -0.480 e. The van der Waals surface area contributed by atoms with E-state index in [-0.39, 0.29) is 28.7 Å².